The van der Waals surface area contributed by atoms with Crippen LogP contribution in [0.3, 0.4) is 0 Å². The zero-order valence-corrected chi connectivity index (χ0v) is 16.4. The second kappa shape index (κ2) is 7.87. The zero-order chi connectivity index (χ0) is 20.4. The molecule has 2 N–H and O–H groups in total. The Morgan fingerprint density at radius 2 is 1.86 bits per heavy atom. The number of aromatic nitrogens is 3. The van der Waals surface area contributed by atoms with Gasteiger partial charge in [0.2, 0.25) is 11.7 Å². The van der Waals surface area contributed by atoms with Crippen molar-refractivity contribution in [2.24, 2.45) is 5.92 Å². The Labute approximate surface area is 169 Å². The fourth-order valence-corrected chi connectivity index (χ4v) is 3.73. The van der Waals surface area contributed by atoms with Crippen LogP contribution in [0.15, 0.2) is 54.6 Å². The first-order valence-corrected chi connectivity index (χ1v) is 9.64. The number of amides is 2. The minimum Gasteiger partial charge on any atom is -0.337 e. The van der Waals surface area contributed by atoms with E-state index in [4.69, 9.17) is 0 Å². The maximum absolute atomic E-state index is 13.0. The van der Waals surface area contributed by atoms with Crippen LogP contribution in [0.2, 0.25) is 0 Å². The standard InChI is InChI=1S/C22H23N5O2/c1-14-12-16-10-6-7-11-17(16)27(2)22(29)19(14)24-21(28)20-23-18(25-26-20)13-15-8-4-3-5-9-15/h3-11,14,19H,12-13H2,1-2H3,(H,24,28)(H,23,25,26)/t14-,19+/m1/s1. The molecule has 2 heterocycles. The van der Waals surface area contributed by atoms with Gasteiger partial charge in [0.25, 0.3) is 5.91 Å². The highest BCUT2D eigenvalue weighted by Crippen LogP contribution is 2.28. The van der Waals surface area contributed by atoms with Crippen molar-refractivity contribution in [3.63, 3.8) is 0 Å². The van der Waals surface area contributed by atoms with Gasteiger partial charge in [0, 0.05) is 19.2 Å². The van der Waals surface area contributed by atoms with E-state index in [0.717, 1.165) is 16.8 Å². The lowest BCUT2D eigenvalue weighted by Gasteiger charge is -2.24. The number of carbonyl (C=O) groups is 2. The Balaban J connectivity index is 1.49. The number of benzene rings is 2. The maximum atomic E-state index is 13.0. The Morgan fingerprint density at radius 1 is 1.14 bits per heavy atom. The molecule has 1 aromatic heterocycles. The van der Waals surface area contributed by atoms with E-state index >= 15 is 0 Å². The number of hydrogen-bond acceptors (Lipinski definition) is 4. The van der Waals surface area contributed by atoms with Crippen molar-refractivity contribution < 1.29 is 9.59 Å². The van der Waals surface area contributed by atoms with E-state index in [-0.39, 0.29) is 17.6 Å². The van der Waals surface area contributed by atoms with Crippen molar-refractivity contribution in [3.05, 3.63) is 77.4 Å². The van der Waals surface area contributed by atoms with Crippen LogP contribution in [-0.2, 0) is 17.6 Å². The van der Waals surface area contributed by atoms with Crippen LogP contribution in [0.4, 0.5) is 5.69 Å². The molecule has 1 aliphatic heterocycles. The van der Waals surface area contributed by atoms with E-state index in [1.165, 1.54) is 0 Å². The molecule has 0 bridgehead atoms. The van der Waals surface area contributed by atoms with Gasteiger partial charge >= 0.3 is 0 Å². The fraction of sp³-hybridized carbons (Fsp3) is 0.273. The Bertz CT molecular complexity index is 1030. The molecule has 2 amide bonds. The summed E-state index contributed by atoms with van der Waals surface area (Å²) in [6.07, 6.45) is 1.25. The molecule has 148 valence electrons. The van der Waals surface area contributed by atoms with Crippen LogP contribution in [0, 0.1) is 5.92 Å². The summed E-state index contributed by atoms with van der Waals surface area (Å²) in [5.74, 6) is 0.0944. The molecule has 0 radical (unpaired) electrons. The normalized spacial score (nSPS) is 18.8. The summed E-state index contributed by atoms with van der Waals surface area (Å²) in [6, 6.07) is 17.0. The lowest BCUT2D eigenvalue weighted by Crippen LogP contribution is -2.50. The summed E-state index contributed by atoms with van der Waals surface area (Å²) >= 11 is 0. The molecule has 2 atom stereocenters. The van der Waals surface area contributed by atoms with Gasteiger partial charge in [-0.15, -0.1) is 10.2 Å². The monoisotopic (exact) mass is 389 g/mol. The highest BCUT2D eigenvalue weighted by Gasteiger charge is 2.34. The second-order valence-corrected chi connectivity index (χ2v) is 7.44. The third-order valence-electron chi connectivity index (χ3n) is 5.31. The summed E-state index contributed by atoms with van der Waals surface area (Å²) in [7, 11) is 1.74. The van der Waals surface area contributed by atoms with E-state index in [1.807, 2.05) is 61.5 Å². The molecule has 3 aromatic rings. The summed E-state index contributed by atoms with van der Waals surface area (Å²) < 4.78 is 0. The molecule has 2 aromatic carbocycles. The molecule has 0 fully saturated rings. The maximum Gasteiger partial charge on any atom is 0.289 e. The topological polar surface area (TPSA) is 91.0 Å². The van der Waals surface area contributed by atoms with E-state index in [0.29, 0.717) is 18.7 Å². The first kappa shape index (κ1) is 18.9. The Morgan fingerprint density at radius 3 is 2.66 bits per heavy atom. The second-order valence-electron chi connectivity index (χ2n) is 7.44. The lowest BCUT2D eigenvalue weighted by molar-refractivity contribution is -0.121. The van der Waals surface area contributed by atoms with E-state index in [2.05, 4.69) is 20.5 Å². The predicted octanol–water partition coefficient (Wildman–Crippen LogP) is 2.35. The number of fused-ring (bicyclic) bond motifs is 1. The van der Waals surface area contributed by atoms with E-state index in [9.17, 15) is 9.59 Å². The largest absolute Gasteiger partial charge is 0.337 e. The molecule has 1 aliphatic rings. The highest BCUT2D eigenvalue weighted by molar-refractivity contribution is 6.02. The van der Waals surface area contributed by atoms with Crippen molar-refractivity contribution in [3.8, 4) is 0 Å². The van der Waals surface area contributed by atoms with Gasteiger partial charge < -0.3 is 15.2 Å². The summed E-state index contributed by atoms with van der Waals surface area (Å²) in [5.41, 5.74) is 3.05. The fourth-order valence-electron chi connectivity index (χ4n) is 3.73. The van der Waals surface area contributed by atoms with Crippen LogP contribution in [0.1, 0.15) is 34.5 Å². The first-order valence-electron chi connectivity index (χ1n) is 9.64. The number of aromatic amines is 1. The van der Waals surface area contributed by atoms with Crippen LogP contribution in [0.25, 0.3) is 0 Å². The number of para-hydroxylation sites is 1. The molecule has 0 unspecified atom stereocenters. The van der Waals surface area contributed by atoms with Gasteiger partial charge in [0.1, 0.15) is 11.9 Å². The van der Waals surface area contributed by atoms with Gasteiger partial charge in [-0.25, -0.2) is 0 Å². The Kier molecular flexibility index (Phi) is 5.12. The third kappa shape index (κ3) is 3.89. The van der Waals surface area contributed by atoms with E-state index in [1.54, 1.807) is 11.9 Å². The number of nitrogens with zero attached hydrogens (tertiary/aromatic N) is 3. The van der Waals surface area contributed by atoms with Crippen molar-refractivity contribution in [1.29, 1.82) is 0 Å². The average molecular weight is 389 g/mol. The van der Waals surface area contributed by atoms with Crippen molar-refractivity contribution in [2.45, 2.75) is 25.8 Å². The smallest absolute Gasteiger partial charge is 0.289 e. The lowest BCUT2D eigenvalue weighted by atomic mass is 9.94. The molecule has 0 saturated carbocycles. The number of rotatable bonds is 4. The van der Waals surface area contributed by atoms with Crippen molar-refractivity contribution >= 4 is 17.5 Å². The van der Waals surface area contributed by atoms with Crippen LogP contribution < -0.4 is 10.2 Å². The number of H-pyrrole nitrogens is 1. The summed E-state index contributed by atoms with van der Waals surface area (Å²) in [4.78, 5) is 30.3. The molecule has 0 aliphatic carbocycles. The highest BCUT2D eigenvalue weighted by atomic mass is 16.2. The average Bonchev–Trinajstić information content (AvgIpc) is 3.17. The minimum atomic E-state index is -0.637. The quantitative estimate of drug-likeness (QED) is 0.717. The van der Waals surface area contributed by atoms with Crippen LogP contribution >= 0.6 is 0 Å². The molecule has 7 nitrogen and oxygen atoms in total. The molecule has 7 heteroatoms. The molecular formula is C22H23N5O2. The molecule has 0 spiro atoms. The van der Waals surface area contributed by atoms with Crippen molar-refractivity contribution in [1.82, 2.24) is 20.5 Å². The number of likely N-dealkylation sites (N-methyl/N-ethyl adjacent to an activating group) is 1. The minimum absolute atomic E-state index is 0.0516. The molecular weight excluding hydrogens is 366 g/mol. The number of hydrogen-bond donors (Lipinski definition) is 2. The van der Waals surface area contributed by atoms with E-state index < -0.39 is 11.9 Å². The van der Waals surface area contributed by atoms with Gasteiger partial charge in [-0.1, -0.05) is 55.5 Å². The zero-order valence-electron chi connectivity index (χ0n) is 16.4. The first-order chi connectivity index (χ1) is 14.0. The van der Waals surface area contributed by atoms with Gasteiger partial charge in [0.05, 0.1) is 0 Å². The predicted molar refractivity (Wildman–Crippen MR) is 110 cm³/mol. The Hall–Kier alpha value is -3.48. The molecule has 4 rings (SSSR count). The SMILES string of the molecule is C[C@@H]1Cc2ccccc2N(C)C(=O)[C@H]1NC(=O)c1nnc(Cc2ccccc2)[nH]1. The van der Waals surface area contributed by atoms with Gasteiger partial charge in [-0.3, -0.25) is 9.59 Å². The summed E-state index contributed by atoms with van der Waals surface area (Å²) in [5, 5.41) is 10.9. The summed E-state index contributed by atoms with van der Waals surface area (Å²) in [6.45, 7) is 1.97. The number of nitrogens with one attached hydrogen (secondary N) is 2. The third-order valence-corrected chi connectivity index (χ3v) is 5.31. The number of anilines is 1. The molecule has 0 saturated heterocycles. The van der Waals surface area contributed by atoms with Crippen molar-refractivity contribution in [2.75, 3.05) is 11.9 Å². The van der Waals surface area contributed by atoms with Gasteiger partial charge in [0.15, 0.2) is 0 Å². The van der Waals surface area contributed by atoms with Gasteiger partial charge in [-0.2, -0.15) is 0 Å². The van der Waals surface area contributed by atoms with Gasteiger partial charge in [-0.05, 0) is 29.5 Å². The number of carbonyl (C=O) groups excluding carboxylic acids is 2. The molecule has 29 heavy (non-hydrogen) atoms. The van der Waals surface area contributed by atoms with Crippen LogP contribution in [-0.4, -0.2) is 40.1 Å². The van der Waals surface area contributed by atoms with Crippen LogP contribution in [0.5, 0.6) is 0 Å².